The van der Waals surface area contributed by atoms with Gasteiger partial charge in [0.05, 0.1) is 7.05 Å². The molecular weight excluding hydrogens is 368 g/mol. The van der Waals surface area contributed by atoms with Gasteiger partial charge in [-0.15, -0.1) is 0 Å². The van der Waals surface area contributed by atoms with Crippen molar-refractivity contribution in [3.63, 3.8) is 0 Å². The van der Waals surface area contributed by atoms with Crippen LogP contribution in [0.2, 0.25) is 0 Å². The third kappa shape index (κ3) is 4.15. The second-order valence-corrected chi connectivity index (χ2v) is 8.64. The first-order valence-electron chi connectivity index (χ1n) is 10.9. The highest BCUT2D eigenvalue weighted by Crippen LogP contribution is 2.27. The third-order valence-electron chi connectivity index (χ3n) is 6.37. The summed E-state index contributed by atoms with van der Waals surface area (Å²) in [5.74, 6) is -1.33. The fourth-order valence-corrected chi connectivity index (χ4v) is 4.80. The molecule has 1 aromatic rings. The van der Waals surface area contributed by atoms with Gasteiger partial charge in [0.15, 0.2) is 6.67 Å². The molecule has 2 saturated heterocycles. The van der Waals surface area contributed by atoms with Crippen LogP contribution in [-0.2, 0) is 16.1 Å². The summed E-state index contributed by atoms with van der Waals surface area (Å²) < 4.78 is 0. The van der Waals surface area contributed by atoms with Gasteiger partial charge in [0.1, 0.15) is 6.54 Å². The minimum atomic E-state index is -0.679. The Hall–Kier alpha value is -2.41. The van der Waals surface area contributed by atoms with Gasteiger partial charge >= 0.3 is 17.8 Å². The van der Waals surface area contributed by atoms with Crippen molar-refractivity contribution in [1.82, 2.24) is 9.80 Å². The summed E-state index contributed by atoms with van der Waals surface area (Å²) in [5.41, 5.74) is 2.41. The molecule has 1 aliphatic carbocycles. The van der Waals surface area contributed by atoms with E-state index in [1.165, 1.54) is 29.8 Å². The predicted octanol–water partition coefficient (Wildman–Crippen LogP) is 1.38. The number of carbonyl (C=O) groups excluding carboxylic acids is 3. The standard InChI is InChI=1S/C22H30N4O3/c1-23(15-17-9-11-18(12-10-17)24-13-5-2-6-14-24)16-25-20(27)21(28)26(22(25)29)19-7-3-4-8-19/h9-12,19H,2-8,13-16H2,1H3/p+1. The quantitative estimate of drug-likeness (QED) is 0.580. The van der Waals surface area contributed by atoms with E-state index >= 15 is 0 Å². The zero-order valence-electron chi connectivity index (χ0n) is 17.2. The summed E-state index contributed by atoms with van der Waals surface area (Å²) in [6.07, 6.45) is 7.46. The van der Waals surface area contributed by atoms with Gasteiger partial charge in [0, 0.05) is 30.4 Å². The van der Waals surface area contributed by atoms with Gasteiger partial charge in [-0.2, -0.15) is 0 Å². The number of imide groups is 2. The second kappa shape index (κ2) is 8.53. The Kier molecular flexibility index (Phi) is 5.85. The summed E-state index contributed by atoms with van der Waals surface area (Å²) in [5, 5.41) is 0. The Labute approximate surface area is 172 Å². The van der Waals surface area contributed by atoms with Crippen LogP contribution in [0.3, 0.4) is 0 Å². The van der Waals surface area contributed by atoms with Gasteiger partial charge < -0.3 is 9.80 Å². The van der Waals surface area contributed by atoms with Crippen molar-refractivity contribution < 1.29 is 19.3 Å². The molecule has 1 N–H and O–H groups in total. The number of urea groups is 1. The molecule has 1 atom stereocenters. The summed E-state index contributed by atoms with van der Waals surface area (Å²) in [6, 6.07) is 8.02. The summed E-state index contributed by atoms with van der Waals surface area (Å²) in [4.78, 5) is 43.2. The Morgan fingerprint density at radius 1 is 0.897 bits per heavy atom. The first-order valence-corrected chi connectivity index (χ1v) is 10.9. The average molecular weight is 400 g/mol. The lowest BCUT2D eigenvalue weighted by molar-refractivity contribution is -0.901. The maximum Gasteiger partial charge on any atom is 0.338 e. The largest absolute Gasteiger partial charge is 0.372 e. The van der Waals surface area contributed by atoms with Crippen LogP contribution in [-0.4, -0.2) is 60.5 Å². The molecule has 4 rings (SSSR count). The highest BCUT2D eigenvalue weighted by atomic mass is 16.2. The Morgan fingerprint density at radius 2 is 1.55 bits per heavy atom. The van der Waals surface area contributed by atoms with E-state index in [-0.39, 0.29) is 12.7 Å². The van der Waals surface area contributed by atoms with Crippen LogP contribution in [0.15, 0.2) is 24.3 Å². The number of rotatable bonds is 6. The zero-order chi connectivity index (χ0) is 20.4. The molecule has 3 aliphatic rings. The molecular formula is C22H31N4O3+. The summed E-state index contributed by atoms with van der Waals surface area (Å²) in [7, 11) is 1.95. The van der Waals surface area contributed by atoms with Gasteiger partial charge in [0.25, 0.3) is 0 Å². The normalized spacial score (nSPS) is 22.1. The first-order chi connectivity index (χ1) is 14.0. The molecule has 7 nitrogen and oxygen atoms in total. The maximum absolute atomic E-state index is 12.7. The van der Waals surface area contributed by atoms with E-state index in [9.17, 15) is 14.4 Å². The number of nitrogens with one attached hydrogen (secondary N) is 1. The predicted molar refractivity (Wildman–Crippen MR) is 109 cm³/mol. The average Bonchev–Trinajstić information content (AvgIpc) is 3.33. The molecule has 0 bridgehead atoms. The number of hydrogen-bond acceptors (Lipinski definition) is 4. The molecule has 3 fully saturated rings. The Morgan fingerprint density at radius 3 is 2.21 bits per heavy atom. The fourth-order valence-electron chi connectivity index (χ4n) is 4.80. The highest BCUT2D eigenvalue weighted by Gasteiger charge is 2.49. The molecule has 0 aromatic heterocycles. The maximum atomic E-state index is 12.7. The SMILES string of the molecule is C[NH+](Cc1ccc(N2CCCCC2)cc1)CN1C(=O)C(=O)N(C2CCCC2)C1=O. The van der Waals surface area contributed by atoms with Crippen LogP contribution in [0.4, 0.5) is 10.5 Å². The van der Waals surface area contributed by atoms with Gasteiger partial charge in [-0.05, 0) is 44.2 Å². The van der Waals surface area contributed by atoms with Crippen molar-refractivity contribution in [1.29, 1.82) is 0 Å². The molecule has 2 aliphatic heterocycles. The molecule has 29 heavy (non-hydrogen) atoms. The van der Waals surface area contributed by atoms with Crippen molar-refractivity contribution in [3.8, 4) is 0 Å². The molecule has 7 heteroatoms. The van der Waals surface area contributed by atoms with Crippen LogP contribution in [0.5, 0.6) is 0 Å². The van der Waals surface area contributed by atoms with Crippen molar-refractivity contribution in [3.05, 3.63) is 29.8 Å². The van der Waals surface area contributed by atoms with Gasteiger partial charge in [-0.25, -0.2) is 9.69 Å². The van der Waals surface area contributed by atoms with E-state index in [4.69, 9.17) is 0 Å². The van der Waals surface area contributed by atoms with Gasteiger partial charge in [-0.1, -0.05) is 25.0 Å². The zero-order valence-corrected chi connectivity index (χ0v) is 17.2. The van der Waals surface area contributed by atoms with Crippen molar-refractivity contribution >= 4 is 23.5 Å². The summed E-state index contributed by atoms with van der Waals surface area (Å²) >= 11 is 0. The number of piperidine rings is 1. The molecule has 0 radical (unpaired) electrons. The number of hydrogen-bond donors (Lipinski definition) is 1. The van der Waals surface area contributed by atoms with E-state index in [1.807, 2.05) is 7.05 Å². The Bertz CT molecular complexity index is 767. The minimum Gasteiger partial charge on any atom is -0.372 e. The first kappa shape index (κ1) is 19.9. The van der Waals surface area contributed by atoms with E-state index < -0.39 is 17.8 Å². The van der Waals surface area contributed by atoms with Crippen LogP contribution in [0, 0.1) is 0 Å². The number of nitrogens with zero attached hydrogens (tertiary/aromatic N) is 3. The Balaban J connectivity index is 1.35. The monoisotopic (exact) mass is 399 g/mol. The molecule has 1 saturated carbocycles. The summed E-state index contributed by atoms with van der Waals surface area (Å²) in [6.45, 7) is 3.14. The van der Waals surface area contributed by atoms with Gasteiger partial charge in [-0.3, -0.25) is 14.5 Å². The lowest BCUT2D eigenvalue weighted by Gasteiger charge is -2.29. The van der Waals surface area contributed by atoms with E-state index in [0.29, 0.717) is 6.54 Å². The number of anilines is 1. The van der Waals surface area contributed by atoms with Crippen LogP contribution in [0.25, 0.3) is 0 Å². The van der Waals surface area contributed by atoms with Crippen molar-refractivity contribution in [2.45, 2.75) is 57.5 Å². The molecule has 0 spiro atoms. The van der Waals surface area contributed by atoms with E-state index in [0.717, 1.165) is 54.1 Å². The molecule has 2 heterocycles. The van der Waals surface area contributed by atoms with Crippen molar-refractivity contribution in [2.75, 3.05) is 31.7 Å². The van der Waals surface area contributed by atoms with Crippen molar-refractivity contribution in [2.24, 2.45) is 0 Å². The number of quaternary nitrogens is 1. The lowest BCUT2D eigenvalue weighted by atomic mass is 10.1. The second-order valence-electron chi connectivity index (χ2n) is 8.64. The highest BCUT2D eigenvalue weighted by molar-refractivity contribution is 6.44. The molecule has 156 valence electrons. The van der Waals surface area contributed by atoms with E-state index in [1.54, 1.807) is 0 Å². The lowest BCUT2D eigenvalue weighted by Crippen LogP contribution is -3.09. The molecule has 1 unspecified atom stereocenters. The minimum absolute atomic E-state index is 0.105. The molecule has 4 amide bonds. The number of benzene rings is 1. The number of amides is 4. The smallest absolute Gasteiger partial charge is 0.338 e. The fraction of sp³-hybridized carbons (Fsp3) is 0.591. The molecule has 1 aromatic carbocycles. The van der Waals surface area contributed by atoms with Crippen LogP contribution >= 0.6 is 0 Å². The van der Waals surface area contributed by atoms with Gasteiger partial charge in [0.2, 0.25) is 0 Å². The van der Waals surface area contributed by atoms with E-state index in [2.05, 4.69) is 29.2 Å². The van der Waals surface area contributed by atoms with Crippen LogP contribution < -0.4 is 9.80 Å². The number of carbonyl (C=O) groups is 3. The third-order valence-corrected chi connectivity index (χ3v) is 6.37. The topological polar surface area (TPSA) is 65.4 Å². The van der Waals surface area contributed by atoms with Crippen LogP contribution in [0.1, 0.15) is 50.5 Å².